The van der Waals surface area contributed by atoms with Crippen molar-refractivity contribution in [3.05, 3.63) is 65.1 Å². The SMILES string of the molecule is CCOc1ccc2c(c1)C(C)=CC(C)(C)N2C(=O)COC(=O)c1cc[n+]([O-])cc1. The van der Waals surface area contributed by atoms with Crippen LogP contribution in [0.4, 0.5) is 5.69 Å². The smallest absolute Gasteiger partial charge is 0.339 e. The van der Waals surface area contributed by atoms with Crippen LogP contribution >= 0.6 is 0 Å². The number of allylic oxidation sites excluding steroid dienone is 1. The largest absolute Gasteiger partial charge is 0.619 e. The molecule has 152 valence electrons. The minimum Gasteiger partial charge on any atom is -0.619 e. The number of fused-ring (bicyclic) bond motifs is 1. The van der Waals surface area contributed by atoms with Crippen molar-refractivity contribution < 1.29 is 23.8 Å². The maximum absolute atomic E-state index is 13.0. The van der Waals surface area contributed by atoms with Crippen molar-refractivity contribution in [3.8, 4) is 5.75 Å². The Balaban J connectivity index is 1.82. The molecular formula is C22H24N2O5. The Morgan fingerprint density at radius 3 is 2.52 bits per heavy atom. The molecule has 1 aromatic heterocycles. The average molecular weight is 396 g/mol. The number of hydrogen-bond acceptors (Lipinski definition) is 5. The molecule has 0 radical (unpaired) electrons. The average Bonchev–Trinajstić information content (AvgIpc) is 2.66. The molecule has 0 aliphatic carbocycles. The van der Waals surface area contributed by atoms with Crippen LogP contribution in [-0.4, -0.2) is 30.6 Å². The zero-order valence-corrected chi connectivity index (χ0v) is 17.0. The first-order valence-electron chi connectivity index (χ1n) is 9.38. The molecule has 0 saturated carbocycles. The van der Waals surface area contributed by atoms with Gasteiger partial charge in [-0.2, -0.15) is 4.73 Å². The zero-order chi connectivity index (χ0) is 21.2. The lowest BCUT2D eigenvalue weighted by atomic mass is 9.88. The number of nitrogens with zero attached hydrogens (tertiary/aromatic N) is 2. The summed E-state index contributed by atoms with van der Waals surface area (Å²) in [6.45, 7) is 7.92. The molecule has 0 atom stereocenters. The van der Waals surface area contributed by atoms with Crippen LogP contribution in [-0.2, 0) is 9.53 Å². The Bertz CT molecular complexity index is 964. The Hall–Kier alpha value is -3.35. The van der Waals surface area contributed by atoms with E-state index in [-0.39, 0.29) is 11.5 Å². The van der Waals surface area contributed by atoms with Gasteiger partial charge in [0.1, 0.15) is 5.75 Å². The topological polar surface area (TPSA) is 82.8 Å². The molecule has 1 amide bonds. The predicted molar refractivity (Wildman–Crippen MR) is 109 cm³/mol. The Morgan fingerprint density at radius 2 is 1.86 bits per heavy atom. The molecule has 29 heavy (non-hydrogen) atoms. The molecule has 7 nitrogen and oxygen atoms in total. The first kappa shape index (κ1) is 20.4. The third kappa shape index (κ3) is 4.23. The summed E-state index contributed by atoms with van der Waals surface area (Å²) in [5.41, 5.74) is 2.31. The minimum absolute atomic E-state index is 0.209. The third-order valence-corrected chi connectivity index (χ3v) is 4.70. The highest BCUT2D eigenvalue weighted by molar-refractivity contribution is 6.02. The lowest BCUT2D eigenvalue weighted by molar-refractivity contribution is -0.605. The van der Waals surface area contributed by atoms with E-state index in [2.05, 4.69) is 0 Å². The van der Waals surface area contributed by atoms with Gasteiger partial charge in [0.2, 0.25) is 0 Å². The molecule has 0 spiro atoms. The molecule has 1 aliphatic rings. The van der Waals surface area contributed by atoms with Gasteiger partial charge in [-0.25, -0.2) is 4.79 Å². The Kier molecular flexibility index (Phi) is 5.59. The minimum atomic E-state index is -0.660. The summed E-state index contributed by atoms with van der Waals surface area (Å²) < 4.78 is 11.3. The molecule has 3 rings (SSSR count). The standard InChI is InChI=1S/C22H24N2O5/c1-5-28-17-6-7-19-18(12-17)15(2)13-22(3,4)24(19)20(25)14-29-21(26)16-8-10-23(27)11-9-16/h6-13H,5,14H2,1-4H3. The molecule has 2 aromatic rings. The van der Waals surface area contributed by atoms with E-state index in [4.69, 9.17) is 9.47 Å². The lowest BCUT2D eigenvalue weighted by Crippen LogP contribution is -2.50. The summed E-state index contributed by atoms with van der Waals surface area (Å²) in [6, 6.07) is 8.28. The predicted octanol–water partition coefficient (Wildman–Crippen LogP) is 3.10. The highest BCUT2D eigenvalue weighted by Crippen LogP contribution is 2.40. The number of carbonyl (C=O) groups excluding carboxylic acids is 2. The summed E-state index contributed by atoms with van der Waals surface area (Å²) in [5.74, 6) is -0.267. The van der Waals surface area contributed by atoms with Crippen molar-refractivity contribution in [3.63, 3.8) is 0 Å². The highest BCUT2D eigenvalue weighted by atomic mass is 16.5. The number of hydrogen-bond donors (Lipinski definition) is 0. The van der Waals surface area contributed by atoms with E-state index in [0.29, 0.717) is 11.3 Å². The maximum Gasteiger partial charge on any atom is 0.339 e. The second kappa shape index (κ2) is 7.95. The van der Waals surface area contributed by atoms with Gasteiger partial charge in [0.15, 0.2) is 19.0 Å². The van der Waals surface area contributed by atoms with Gasteiger partial charge in [-0.1, -0.05) is 6.08 Å². The van der Waals surface area contributed by atoms with Crippen LogP contribution in [0.25, 0.3) is 5.57 Å². The van der Waals surface area contributed by atoms with Crippen LogP contribution in [0.2, 0.25) is 0 Å². The van der Waals surface area contributed by atoms with E-state index in [9.17, 15) is 14.8 Å². The molecule has 0 unspecified atom stereocenters. The number of benzene rings is 1. The number of amides is 1. The van der Waals surface area contributed by atoms with Crippen molar-refractivity contribution in [2.24, 2.45) is 0 Å². The summed E-state index contributed by atoms with van der Waals surface area (Å²) in [7, 11) is 0. The molecule has 2 heterocycles. The first-order valence-corrected chi connectivity index (χ1v) is 9.38. The summed E-state index contributed by atoms with van der Waals surface area (Å²) in [6.07, 6.45) is 4.41. The number of pyridine rings is 1. The van der Waals surface area contributed by atoms with Crippen LogP contribution in [0, 0.1) is 5.21 Å². The van der Waals surface area contributed by atoms with Crippen LogP contribution in [0.15, 0.2) is 48.8 Å². The van der Waals surface area contributed by atoms with Gasteiger partial charge in [-0.3, -0.25) is 9.69 Å². The fourth-order valence-corrected chi connectivity index (χ4v) is 3.54. The van der Waals surface area contributed by atoms with Gasteiger partial charge in [-0.15, -0.1) is 0 Å². The molecule has 0 saturated heterocycles. The number of carbonyl (C=O) groups is 2. The van der Waals surface area contributed by atoms with Crippen molar-refractivity contribution >= 4 is 23.1 Å². The fourth-order valence-electron chi connectivity index (χ4n) is 3.54. The second-order valence-electron chi connectivity index (χ2n) is 7.34. The summed E-state index contributed by atoms with van der Waals surface area (Å²) >= 11 is 0. The second-order valence-corrected chi connectivity index (χ2v) is 7.34. The van der Waals surface area contributed by atoms with Gasteiger partial charge >= 0.3 is 5.97 Å². The highest BCUT2D eigenvalue weighted by Gasteiger charge is 2.36. The van der Waals surface area contributed by atoms with E-state index in [1.165, 1.54) is 24.5 Å². The van der Waals surface area contributed by atoms with Crippen molar-refractivity contribution in [2.45, 2.75) is 33.2 Å². The van der Waals surface area contributed by atoms with Crippen LogP contribution in [0.3, 0.4) is 0 Å². The molecule has 0 N–H and O–H groups in total. The number of esters is 1. The Morgan fingerprint density at radius 1 is 1.17 bits per heavy atom. The molecule has 7 heteroatoms. The third-order valence-electron chi connectivity index (χ3n) is 4.70. The zero-order valence-electron chi connectivity index (χ0n) is 17.0. The van der Waals surface area contributed by atoms with Gasteiger partial charge in [0.25, 0.3) is 5.91 Å². The molecule has 1 aliphatic heterocycles. The van der Waals surface area contributed by atoms with Gasteiger partial charge in [-0.05, 0) is 51.5 Å². The quantitative estimate of drug-likeness (QED) is 0.441. The van der Waals surface area contributed by atoms with Crippen molar-refractivity contribution in [1.82, 2.24) is 0 Å². The van der Waals surface area contributed by atoms with E-state index >= 15 is 0 Å². The summed E-state index contributed by atoms with van der Waals surface area (Å²) in [5, 5.41) is 11.1. The van der Waals surface area contributed by atoms with Gasteiger partial charge in [0.05, 0.1) is 23.4 Å². The number of rotatable bonds is 5. The van der Waals surface area contributed by atoms with E-state index in [1.807, 2.05) is 52.0 Å². The fraction of sp³-hybridized carbons (Fsp3) is 0.318. The van der Waals surface area contributed by atoms with Crippen molar-refractivity contribution in [2.75, 3.05) is 18.1 Å². The first-order chi connectivity index (χ1) is 13.7. The number of anilines is 1. The number of aromatic nitrogens is 1. The van der Waals surface area contributed by atoms with E-state index in [1.54, 1.807) is 4.90 Å². The number of ether oxygens (including phenoxy) is 2. The molecule has 0 fully saturated rings. The molecular weight excluding hydrogens is 372 g/mol. The lowest BCUT2D eigenvalue weighted by Gasteiger charge is -2.41. The molecule has 0 bridgehead atoms. The van der Waals surface area contributed by atoms with Crippen LogP contribution in [0.1, 0.15) is 43.6 Å². The molecule has 1 aromatic carbocycles. The van der Waals surface area contributed by atoms with Crippen LogP contribution < -0.4 is 14.4 Å². The Labute approximate surface area is 169 Å². The summed E-state index contributed by atoms with van der Waals surface area (Å²) in [4.78, 5) is 26.8. The van der Waals surface area contributed by atoms with E-state index < -0.39 is 18.1 Å². The maximum atomic E-state index is 13.0. The van der Waals surface area contributed by atoms with Crippen molar-refractivity contribution in [1.29, 1.82) is 0 Å². The monoisotopic (exact) mass is 396 g/mol. The normalized spacial score (nSPS) is 14.6. The van der Waals surface area contributed by atoms with Gasteiger partial charge in [0, 0.05) is 17.7 Å². The van der Waals surface area contributed by atoms with Crippen LogP contribution in [0.5, 0.6) is 5.75 Å². The van der Waals surface area contributed by atoms with E-state index in [0.717, 1.165) is 22.6 Å². The van der Waals surface area contributed by atoms with Gasteiger partial charge < -0.3 is 14.7 Å².